The van der Waals surface area contributed by atoms with Gasteiger partial charge in [-0.1, -0.05) is 0 Å². The number of nitrogens with zero attached hydrogens (tertiary/aromatic N) is 1. The molecule has 1 rings (SSSR count). The molecule has 0 radical (unpaired) electrons. The SMILES string of the molecule is CNC(COc1cc(C)c([N+](=O)[O-])cc1F)C(N)=O. The number of nitro benzene ring substituents is 1. The van der Waals surface area contributed by atoms with E-state index < -0.39 is 22.7 Å². The number of primary amides is 1. The fourth-order valence-corrected chi connectivity index (χ4v) is 1.43. The third-order valence-electron chi connectivity index (χ3n) is 2.54. The van der Waals surface area contributed by atoms with E-state index in [4.69, 9.17) is 10.5 Å². The molecule has 0 heterocycles. The zero-order valence-electron chi connectivity index (χ0n) is 10.5. The molecule has 7 nitrogen and oxygen atoms in total. The van der Waals surface area contributed by atoms with Crippen molar-refractivity contribution in [2.75, 3.05) is 13.7 Å². The smallest absolute Gasteiger partial charge is 0.275 e. The van der Waals surface area contributed by atoms with Crippen molar-refractivity contribution in [1.29, 1.82) is 0 Å². The van der Waals surface area contributed by atoms with Gasteiger partial charge < -0.3 is 15.8 Å². The number of likely N-dealkylation sites (N-methyl/N-ethyl adjacent to an activating group) is 1. The zero-order chi connectivity index (χ0) is 14.6. The summed E-state index contributed by atoms with van der Waals surface area (Å²) in [5.74, 6) is -1.66. The Morgan fingerprint density at radius 3 is 2.74 bits per heavy atom. The number of nitrogens with one attached hydrogen (secondary N) is 1. The molecule has 0 fully saturated rings. The number of ether oxygens (including phenoxy) is 1. The predicted octanol–water partition coefficient (Wildman–Crippen LogP) is 0.494. The molecule has 1 amide bonds. The van der Waals surface area contributed by atoms with Crippen LogP contribution in [0, 0.1) is 22.9 Å². The first-order valence-corrected chi connectivity index (χ1v) is 5.40. The first kappa shape index (κ1) is 14.8. The summed E-state index contributed by atoms with van der Waals surface area (Å²) in [4.78, 5) is 20.9. The van der Waals surface area contributed by atoms with Gasteiger partial charge in [0.1, 0.15) is 12.6 Å². The number of rotatable bonds is 6. The van der Waals surface area contributed by atoms with Crippen LogP contribution in [0.5, 0.6) is 5.75 Å². The summed E-state index contributed by atoms with van der Waals surface area (Å²) in [6.45, 7) is 1.30. The Balaban J connectivity index is 2.88. The van der Waals surface area contributed by atoms with Crippen LogP contribution in [0.25, 0.3) is 0 Å². The van der Waals surface area contributed by atoms with Gasteiger partial charge >= 0.3 is 0 Å². The molecule has 0 spiro atoms. The van der Waals surface area contributed by atoms with Crippen molar-refractivity contribution in [3.8, 4) is 5.75 Å². The molecule has 0 bridgehead atoms. The van der Waals surface area contributed by atoms with E-state index in [9.17, 15) is 19.3 Å². The number of carbonyl (C=O) groups excluding carboxylic acids is 1. The van der Waals surface area contributed by atoms with Gasteiger partial charge in [0.25, 0.3) is 5.69 Å². The van der Waals surface area contributed by atoms with Gasteiger partial charge in [-0.3, -0.25) is 14.9 Å². The first-order valence-electron chi connectivity index (χ1n) is 5.40. The third-order valence-corrected chi connectivity index (χ3v) is 2.54. The summed E-state index contributed by atoms with van der Waals surface area (Å²) >= 11 is 0. The lowest BCUT2D eigenvalue weighted by atomic mass is 10.2. The van der Waals surface area contributed by atoms with E-state index in [0.717, 1.165) is 6.07 Å². The highest BCUT2D eigenvalue weighted by molar-refractivity contribution is 5.80. The fourth-order valence-electron chi connectivity index (χ4n) is 1.43. The summed E-state index contributed by atoms with van der Waals surface area (Å²) in [5, 5.41) is 13.2. The molecule has 0 aliphatic rings. The van der Waals surface area contributed by atoms with Crippen molar-refractivity contribution >= 4 is 11.6 Å². The number of amides is 1. The number of aryl methyl sites for hydroxylation is 1. The summed E-state index contributed by atoms with van der Waals surface area (Å²) < 4.78 is 18.7. The van der Waals surface area contributed by atoms with E-state index in [0.29, 0.717) is 0 Å². The number of hydrogen-bond acceptors (Lipinski definition) is 5. The van der Waals surface area contributed by atoms with Crippen LogP contribution in [0.15, 0.2) is 12.1 Å². The zero-order valence-corrected chi connectivity index (χ0v) is 10.5. The van der Waals surface area contributed by atoms with E-state index in [-0.39, 0.29) is 23.6 Å². The van der Waals surface area contributed by atoms with E-state index in [2.05, 4.69) is 5.32 Å². The minimum Gasteiger partial charge on any atom is -0.488 e. The van der Waals surface area contributed by atoms with Gasteiger partial charge in [-0.15, -0.1) is 0 Å². The van der Waals surface area contributed by atoms with Crippen LogP contribution >= 0.6 is 0 Å². The highest BCUT2D eigenvalue weighted by Crippen LogP contribution is 2.26. The maximum Gasteiger partial charge on any atom is 0.275 e. The normalized spacial score (nSPS) is 11.9. The van der Waals surface area contributed by atoms with E-state index in [1.165, 1.54) is 20.0 Å². The number of carbonyl (C=O) groups is 1. The van der Waals surface area contributed by atoms with Gasteiger partial charge in [0.15, 0.2) is 11.6 Å². The van der Waals surface area contributed by atoms with Crippen LogP contribution < -0.4 is 15.8 Å². The molecule has 0 aromatic heterocycles. The Kier molecular flexibility index (Phi) is 4.76. The number of nitrogens with two attached hydrogens (primary N) is 1. The van der Waals surface area contributed by atoms with Crippen molar-refractivity contribution < 1.29 is 18.8 Å². The molecular weight excluding hydrogens is 257 g/mol. The largest absolute Gasteiger partial charge is 0.488 e. The highest BCUT2D eigenvalue weighted by Gasteiger charge is 2.18. The molecule has 1 aromatic rings. The van der Waals surface area contributed by atoms with Crippen molar-refractivity contribution in [2.45, 2.75) is 13.0 Å². The van der Waals surface area contributed by atoms with E-state index >= 15 is 0 Å². The number of nitro groups is 1. The molecule has 0 saturated carbocycles. The van der Waals surface area contributed by atoms with Crippen molar-refractivity contribution in [3.05, 3.63) is 33.6 Å². The van der Waals surface area contributed by atoms with Crippen molar-refractivity contribution in [3.63, 3.8) is 0 Å². The van der Waals surface area contributed by atoms with E-state index in [1.807, 2.05) is 0 Å². The minimum absolute atomic E-state index is 0.162. The quantitative estimate of drug-likeness (QED) is 0.578. The Labute approximate surface area is 108 Å². The Morgan fingerprint density at radius 2 is 2.26 bits per heavy atom. The summed E-state index contributed by atoms with van der Waals surface area (Å²) in [7, 11) is 1.51. The van der Waals surface area contributed by atoms with Gasteiger partial charge in [-0.2, -0.15) is 0 Å². The lowest BCUT2D eigenvalue weighted by Crippen LogP contribution is -2.43. The number of halogens is 1. The van der Waals surface area contributed by atoms with Gasteiger partial charge in [0.2, 0.25) is 5.91 Å². The average molecular weight is 271 g/mol. The lowest BCUT2D eigenvalue weighted by molar-refractivity contribution is -0.385. The topological polar surface area (TPSA) is 107 Å². The van der Waals surface area contributed by atoms with E-state index in [1.54, 1.807) is 0 Å². The molecule has 0 aliphatic carbocycles. The maximum atomic E-state index is 13.6. The second-order valence-electron chi connectivity index (χ2n) is 3.88. The molecule has 8 heteroatoms. The van der Waals surface area contributed by atoms with Crippen LogP contribution in [0.4, 0.5) is 10.1 Å². The molecule has 19 heavy (non-hydrogen) atoms. The van der Waals surface area contributed by atoms with Gasteiger partial charge in [0.05, 0.1) is 11.0 Å². The molecule has 1 aromatic carbocycles. The first-order chi connectivity index (χ1) is 8.86. The Hall–Kier alpha value is -2.22. The average Bonchev–Trinajstić information content (AvgIpc) is 2.32. The standard InChI is InChI=1S/C11H14FN3O4/c1-6-3-10(7(12)4-9(6)15(17)18)19-5-8(14-2)11(13)16/h3-4,8,14H,5H2,1-2H3,(H2,13,16). The number of benzene rings is 1. The van der Waals surface area contributed by atoms with Crippen LogP contribution in [0.3, 0.4) is 0 Å². The second-order valence-corrected chi connectivity index (χ2v) is 3.88. The Bertz CT molecular complexity index is 507. The summed E-state index contributed by atoms with van der Waals surface area (Å²) in [6, 6.07) is 1.22. The second kappa shape index (κ2) is 6.10. The molecule has 1 unspecified atom stereocenters. The Morgan fingerprint density at radius 1 is 1.63 bits per heavy atom. The molecule has 3 N–H and O–H groups in total. The summed E-state index contributed by atoms with van der Waals surface area (Å²) in [5.41, 5.74) is 5.02. The predicted molar refractivity (Wildman–Crippen MR) is 65.3 cm³/mol. The van der Waals surface area contributed by atoms with Crippen LogP contribution in [-0.2, 0) is 4.79 Å². The van der Waals surface area contributed by atoms with Crippen molar-refractivity contribution in [2.24, 2.45) is 5.73 Å². The van der Waals surface area contributed by atoms with Crippen LogP contribution in [0.2, 0.25) is 0 Å². The van der Waals surface area contributed by atoms with Crippen LogP contribution in [-0.4, -0.2) is 30.5 Å². The summed E-state index contributed by atoms with van der Waals surface area (Å²) in [6.07, 6.45) is 0. The molecule has 0 saturated heterocycles. The van der Waals surface area contributed by atoms with Gasteiger partial charge in [-0.05, 0) is 20.0 Å². The monoisotopic (exact) mass is 271 g/mol. The lowest BCUT2D eigenvalue weighted by Gasteiger charge is -2.14. The highest BCUT2D eigenvalue weighted by atomic mass is 19.1. The van der Waals surface area contributed by atoms with Crippen molar-refractivity contribution in [1.82, 2.24) is 5.32 Å². The van der Waals surface area contributed by atoms with Gasteiger partial charge in [0, 0.05) is 5.56 Å². The maximum absolute atomic E-state index is 13.6. The molecule has 0 aliphatic heterocycles. The van der Waals surface area contributed by atoms with Gasteiger partial charge in [-0.25, -0.2) is 4.39 Å². The van der Waals surface area contributed by atoms with Crippen LogP contribution in [0.1, 0.15) is 5.56 Å². The number of hydrogen-bond donors (Lipinski definition) is 2. The molecule has 104 valence electrons. The molecule has 1 atom stereocenters. The molecular formula is C11H14FN3O4. The fraction of sp³-hybridized carbons (Fsp3) is 0.364. The third kappa shape index (κ3) is 3.62. The minimum atomic E-state index is -0.864.